The van der Waals surface area contributed by atoms with E-state index >= 15 is 0 Å². The predicted octanol–water partition coefficient (Wildman–Crippen LogP) is 4.36. The van der Waals surface area contributed by atoms with Crippen LogP contribution in [0.5, 0.6) is 0 Å². The average Bonchev–Trinajstić information content (AvgIpc) is 2.32. The molecular weight excluding hydrogens is 249 g/mol. The second-order valence-corrected chi connectivity index (χ2v) is 4.97. The highest BCUT2D eigenvalue weighted by Crippen LogP contribution is 2.28. The van der Waals surface area contributed by atoms with Crippen molar-refractivity contribution in [2.45, 2.75) is 25.6 Å². The predicted molar refractivity (Wildman–Crippen MR) is 72.4 cm³/mol. The van der Waals surface area contributed by atoms with E-state index in [0.29, 0.717) is 6.42 Å². The zero-order valence-corrected chi connectivity index (χ0v) is 11.2. The van der Waals surface area contributed by atoms with Crippen LogP contribution in [-0.2, 0) is 6.42 Å². The lowest BCUT2D eigenvalue weighted by atomic mass is 10.0. The Labute approximate surface area is 112 Å². The molecule has 1 heterocycles. The van der Waals surface area contributed by atoms with Crippen molar-refractivity contribution >= 4 is 11.6 Å². The van der Waals surface area contributed by atoms with E-state index in [1.54, 1.807) is 12.3 Å². The maximum atomic E-state index is 13.0. The number of benzene rings is 1. The van der Waals surface area contributed by atoms with Gasteiger partial charge in [-0.3, -0.25) is 4.98 Å². The summed E-state index contributed by atoms with van der Waals surface area (Å²) >= 11 is 6.41. The van der Waals surface area contributed by atoms with Crippen LogP contribution >= 0.6 is 11.6 Å². The van der Waals surface area contributed by atoms with Crippen LogP contribution in [0, 0.1) is 19.7 Å². The molecule has 0 aliphatic heterocycles. The molecule has 0 saturated heterocycles. The summed E-state index contributed by atoms with van der Waals surface area (Å²) in [5.41, 5.74) is 3.95. The second-order valence-electron chi connectivity index (χ2n) is 4.44. The molecule has 0 saturated carbocycles. The van der Waals surface area contributed by atoms with Crippen molar-refractivity contribution in [3.05, 3.63) is 64.7 Å². The van der Waals surface area contributed by atoms with Gasteiger partial charge >= 0.3 is 0 Å². The summed E-state index contributed by atoms with van der Waals surface area (Å²) in [6, 6.07) is 8.63. The Bertz CT molecular complexity index is 554. The van der Waals surface area contributed by atoms with Gasteiger partial charge in [-0.1, -0.05) is 12.1 Å². The van der Waals surface area contributed by atoms with E-state index in [-0.39, 0.29) is 11.2 Å². The first-order valence-electron chi connectivity index (χ1n) is 5.88. The van der Waals surface area contributed by atoms with E-state index in [1.165, 1.54) is 12.1 Å². The van der Waals surface area contributed by atoms with E-state index < -0.39 is 0 Å². The highest BCUT2D eigenvalue weighted by atomic mass is 35.5. The van der Waals surface area contributed by atoms with Crippen LogP contribution in [0.4, 0.5) is 4.39 Å². The van der Waals surface area contributed by atoms with Crippen molar-refractivity contribution in [1.29, 1.82) is 0 Å². The fraction of sp³-hybridized carbons (Fsp3) is 0.267. The van der Waals surface area contributed by atoms with Gasteiger partial charge in [-0.2, -0.15) is 0 Å². The molecule has 18 heavy (non-hydrogen) atoms. The normalized spacial score (nSPS) is 12.4. The van der Waals surface area contributed by atoms with Crippen molar-refractivity contribution in [3.63, 3.8) is 0 Å². The number of pyridine rings is 1. The highest BCUT2D eigenvalue weighted by Gasteiger charge is 2.13. The van der Waals surface area contributed by atoms with Crippen molar-refractivity contribution in [1.82, 2.24) is 4.98 Å². The zero-order chi connectivity index (χ0) is 13.1. The van der Waals surface area contributed by atoms with Gasteiger partial charge in [0.1, 0.15) is 5.82 Å². The smallest absolute Gasteiger partial charge is 0.123 e. The minimum atomic E-state index is -0.228. The van der Waals surface area contributed by atoms with Gasteiger partial charge in [-0.15, -0.1) is 11.6 Å². The number of hydrogen-bond acceptors (Lipinski definition) is 1. The summed E-state index contributed by atoms with van der Waals surface area (Å²) in [4.78, 5) is 4.33. The van der Waals surface area contributed by atoms with Gasteiger partial charge in [-0.05, 0) is 48.7 Å². The van der Waals surface area contributed by atoms with Gasteiger partial charge in [-0.25, -0.2) is 4.39 Å². The number of aryl methyl sites for hydroxylation is 2. The quantitative estimate of drug-likeness (QED) is 0.750. The van der Waals surface area contributed by atoms with E-state index in [9.17, 15) is 4.39 Å². The Hall–Kier alpha value is -1.41. The third-order valence-corrected chi connectivity index (χ3v) is 3.45. The second kappa shape index (κ2) is 5.49. The molecule has 1 aromatic carbocycles. The molecule has 2 rings (SSSR count). The maximum Gasteiger partial charge on any atom is 0.123 e. The number of nitrogens with zero attached hydrogens (tertiary/aromatic N) is 1. The number of aromatic nitrogens is 1. The Morgan fingerprint density at radius 2 is 2.00 bits per heavy atom. The summed E-state index contributed by atoms with van der Waals surface area (Å²) in [7, 11) is 0. The molecule has 3 heteroatoms. The Morgan fingerprint density at radius 1 is 1.22 bits per heavy atom. The highest BCUT2D eigenvalue weighted by molar-refractivity contribution is 6.21. The van der Waals surface area contributed by atoms with Gasteiger partial charge in [0, 0.05) is 18.3 Å². The molecule has 2 aromatic rings. The van der Waals surface area contributed by atoms with Crippen LogP contribution in [-0.4, -0.2) is 4.98 Å². The third-order valence-electron chi connectivity index (χ3n) is 3.06. The fourth-order valence-corrected chi connectivity index (χ4v) is 2.39. The van der Waals surface area contributed by atoms with Gasteiger partial charge in [0.2, 0.25) is 0 Å². The topological polar surface area (TPSA) is 12.9 Å². The van der Waals surface area contributed by atoms with Crippen LogP contribution in [0.25, 0.3) is 0 Å². The standard InChI is InChI=1S/C15H15ClFN/c1-10-4-3-7-18-15(10)9-14(16)13-6-5-12(17)8-11(13)2/h3-8,14H,9H2,1-2H3. The SMILES string of the molecule is Cc1cc(F)ccc1C(Cl)Cc1ncccc1C. The minimum absolute atomic E-state index is 0.181. The number of halogens is 2. The molecule has 1 nitrogen and oxygen atoms in total. The number of hydrogen-bond donors (Lipinski definition) is 0. The van der Waals surface area contributed by atoms with Gasteiger partial charge in [0.25, 0.3) is 0 Å². The van der Waals surface area contributed by atoms with Crippen molar-refractivity contribution in [2.75, 3.05) is 0 Å². The molecule has 0 aliphatic carbocycles. The van der Waals surface area contributed by atoms with E-state index in [4.69, 9.17) is 11.6 Å². The summed E-state index contributed by atoms with van der Waals surface area (Å²) in [6.45, 7) is 3.89. The molecule has 0 radical (unpaired) electrons. The molecule has 0 spiro atoms. The Morgan fingerprint density at radius 3 is 2.67 bits per heavy atom. The largest absolute Gasteiger partial charge is 0.261 e. The molecule has 1 atom stereocenters. The van der Waals surface area contributed by atoms with Gasteiger partial charge < -0.3 is 0 Å². The van der Waals surface area contributed by atoms with Crippen LogP contribution in [0.1, 0.15) is 27.8 Å². The molecule has 1 unspecified atom stereocenters. The minimum Gasteiger partial charge on any atom is -0.261 e. The molecule has 1 aromatic heterocycles. The first kappa shape index (κ1) is 13.0. The first-order valence-corrected chi connectivity index (χ1v) is 6.32. The van der Waals surface area contributed by atoms with Crippen molar-refractivity contribution < 1.29 is 4.39 Å². The average molecular weight is 264 g/mol. The monoisotopic (exact) mass is 263 g/mol. The number of rotatable bonds is 3. The Kier molecular flexibility index (Phi) is 3.97. The fourth-order valence-electron chi connectivity index (χ4n) is 2.00. The van der Waals surface area contributed by atoms with Crippen molar-refractivity contribution in [3.8, 4) is 0 Å². The van der Waals surface area contributed by atoms with Gasteiger partial charge in [0.15, 0.2) is 0 Å². The third kappa shape index (κ3) is 2.88. The molecule has 0 bridgehead atoms. The van der Waals surface area contributed by atoms with Crippen LogP contribution in [0.15, 0.2) is 36.5 Å². The molecular formula is C15H15ClFN. The lowest BCUT2D eigenvalue weighted by Gasteiger charge is -2.13. The summed E-state index contributed by atoms with van der Waals surface area (Å²) in [5, 5.41) is -0.181. The number of alkyl halides is 1. The molecule has 0 amide bonds. The van der Waals surface area contributed by atoms with E-state index in [2.05, 4.69) is 4.98 Å². The summed E-state index contributed by atoms with van der Waals surface area (Å²) in [5.74, 6) is -0.228. The first-order chi connectivity index (χ1) is 8.58. The van der Waals surface area contributed by atoms with Crippen molar-refractivity contribution in [2.24, 2.45) is 0 Å². The van der Waals surface area contributed by atoms with E-state index in [0.717, 1.165) is 22.4 Å². The molecule has 94 valence electrons. The van der Waals surface area contributed by atoms with E-state index in [1.807, 2.05) is 26.0 Å². The summed E-state index contributed by atoms with van der Waals surface area (Å²) < 4.78 is 13.0. The van der Waals surface area contributed by atoms with Crippen LogP contribution < -0.4 is 0 Å². The van der Waals surface area contributed by atoms with Crippen LogP contribution in [0.2, 0.25) is 0 Å². The lowest BCUT2D eigenvalue weighted by Crippen LogP contribution is -2.02. The molecule has 0 aliphatic rings. The summed E-state index contributed by atoms with van der Waals surface area (Å²) in [6.07, 6.45) is 2.42. The zero-order valence-electron chi connectivity index (χ0n) is 10.5. The van der Waals surface area contributed by atoms with Gasteiger partial charge in [0.05, 0.1) is 5.38 Å². The lowest BCUT2D eigenvalue weighted by molar-refractivity contribution is 0.625. The molecule has 0 N–H and O–H groups in total. The Balaban J connectivity index is 2.22. The molecule has 0 fully saturated rings. The maximum absolute atomic E-state index is 13.0. The van der Waals surface area contributed by atoms with Crippen LogP contribution in [0.3, 0.4) is 0 Å².